The lowest BCUT2D eigenvalue weighted by molar-refractivity contribution is -0.123. The number of hydrogen-bond donors (Lipinski definition) is 2. The van der Waals surface area contributed by atoms with Crippen LogP contribution >= 0.6 is 11.3 Å². The molecule has 0 aliphatic heterocycles. The Hall–Kier alpha value is -2.63. The van der Waals surface area contributed by atoms with Crippen LogP contribution in [0.3, 0.4) is 0 Å². The summed E-state index contributed by atoms with van der Waals surface area (Å²) in [7, 11) is -3.83. The van der Waals surface area contributed by atoms with Crippen LogP contribution in [-0.4, -0.2) is 34.1 Å². The molecule has 2 heterocycles. The molecule has 0 aliphatic rings. The van der Waals surface area contributed by atoms with E-state index in [2.05, 4.69) is 25.2 Å². The lowest BCUT2D eigenvalue weighted by Crippen LogP contribution is -2.27. The van der Waals surface area contributed by atoms with E-state index in [1.165, 1.54) is 0 Å². The number of carbonyl (C=O) groups excluding carboxylic acids is 1. The maximum absolute atomic E-state index is 12.4. The first-order chi connectivity index (χ1) is 13.1. The van der Waals surface area contributed by atoms with Gasteiger partial charge in [-0.05, 0) is 17.7 Å². The molecule has 3 aromatic rings. The number of benzene rings is 1. The molecule has 0 saturated carbocycles. The largest absolute Gasteiger partial charge is 0.306 e. The molecule has 1 aromatic carbocycles. The van der Waals surface area contributed by atoms with Crippen LogP contribution in [0.4, 0.5) is 5.13 Å². The highest BCUT2D eigenvalue weighted by molar-refractivity contribution is 7.91. The molecule has 28 heavy (non-hydrogen) atoms. The van der Waals surface area contributed by atoms with Gasteiger partial charge in [0.2, 0.25) is 15.4 Å². The summed E-state index contributed by atoms with van der Waals surface area (Å²) in [6, 6.07) is 7.40. The molecule has 1 amide bonds. The molecule has 0 radical (unpaired) electrons. The molecule has 0 spiro atoms. The SMILES string of the molecule is CC(C)(C)C(=O)Nc1nnc(S(=O)(=O)NCc2ccc(-n3ccnc3)cc2)s1. The number of sulfonamides is 1. The van der Waals surface area contributed by atoms with Gasteiger partial charge in [0.1, 0.15) is 0 Å². The van der Waals surface area contributed by atoms with Gasteiger partial charge in [-0.25, -0.2) is 18.1 Å². The fraction of sp³-hybridized carbons (Fsp3) is 0.294. The topological polar surface area (TPSA) is 119 Å². The number of imidazole rings is 1. The molecule has 2 N–H and O–H groups in total. The molecule has 0 saturated heterocycles. The second kappa shape index (κ2) is 7.78. The molecular weight excluding hydrogens is 400 g/mol. The number of carbonyl (C=O) groups is 1. The third-order valence-electron chi connectivity index (χ3n) is 3.74. The van der Waals surface area contributed by atoms with Gasteiger partial charge in [0.25, 0.3) is 10.0 Å². The van der Waals surface area contributed by atoms with Gasteiger partial charge in [-0.15, -0.1) is 10.2 Å². The summed E-state index contributed by atoms with van der Waals surface area (Å²) in [6.45, 7) is 5.36. The van der Waals surface area contributed by atoms with Crippen molar-refractivity contribution in [3.05, 3.63) is 48.5 Å². The van der Waals surface area contributed by atoms with Gasteiger partial charge in [0, 0.05) is 30.0 Å². The summed E-state index contributed by atoms with van der Waals surface area (Å²) in [6.07, 6.45) is 5.19. The Morgan fingerprint density at radius 3 is 2.50 bits per heavy atom. The van der Waals surface area contributed by atoms with Gasteiger partial charge in [-0.3, -0.25) is 4.79 Å². The van der Waals surface area contributed by atoms with E-state index in [9.17, 15) is 13.2 Å². The zero-order chi connectivity index (χ0) is 20.4. The molecule has 0 fully saturated rings. The van der Waals surface area contributed by atoms with E-state index in [1.807, 2.05) is 35.0 Å². The van der Waals surface area contributed by atoms with Crippen LogP contribution in [-0.2, 0) is 21.4 Å². The summed E-state index contributed by atoms with van der Waals surface area (Å²) in [5.41, 5.74) is 1.09. The summed E-state index contributed by atoms with van der Waals surface area (Å²) in [4.78, 5) is 16.0. The number of nitrogens with zero attached hydrogens (tertiary/aromatic N) is 4. The van der Waals surface area contributed by atoms with Crippen molar-refractivity contribution < 1.29 is 13.2 Å². The Bertz CT molecular complexity index is 1050. The van der Waals surface area contributed by atoms with Crippen LogP contribution in [0, 0.1) is 5.41 Å². The van der Waals surface area contributed by atoms with Gasteiger partial charge in [-0.1, -0.05) is 44.2 Å². The third-order valence-corrected chi connectivity index (χ3v) is 6.35. The van der Waals surface area contributed by atoms with E-state index >= 15 is 0 Å². The van der Waals surface area contributed by atoms with E-state index in [0.29, 0.717) is 0 Å². The second-order valence-electron chi connectivity index (χ2n) is 7.04. The van der Waals surface area contributed by atoms with Crippen LogP contribution in [0.25, 0.3) is 5.69 Å². The van der Waals surface area contributed by atoms with Crippen molar-refractivity contribution in [3.8, 4) is 5.69 Å². The second-order valence-corrected chi connectivity index (χ2v) is 9.96. The molecule has 3 rings (SSSR count). The standard InChI is InChI=1S/C17H20N6O3S2/c1-17(2,3)14(24)20-15-21-22-16(27-15)28(25,26)19-10-12-4-6-13(7-5-12)23-9-8-18-11-23/h4-9,11,19H,10H2,1-3H3,(H,20,21,24). The van der Waals surface area contributed by atoms with Crippen LogP contribution in [0.15, 0.2) is 47.3 Å². The Labute approximate surface area is 166 Å². The van der Waals surface area contributed by atoms with Crippen LogP contribution in [0.2, 0.25) is 0 Å². The van der Waals surface area contributed by atoms with E-state index < -0.39 is 15.4 Å². The van der Waals surface area contributed by atoms with Gasteiger partial charge in [-0.2, -0.15) is 0 Å². The molecule has 0 unspecified atom stereocenters. The van der Waals surface area contributed by atoms with Crippen LogP contribution < -0.4 is 10.0 Å². The lowest BCUT2D eigenvalue weighted by atomic mass is 9.96. The van der Waals surface area contributed by atoms with E-state index in [1.54, 1.807) is 33.3 Å². The van der Waals surface area contributed by atoms with Gasteiger partial charge < -0.3 is 9.88 Å². The van der Waals surface area contributed by atoms with Crippen molar-refractivity contribution in [2.45, 2.75) is 31.7 Å². The van der Waals surface area contributed by atoms with Crippen LogP contribution in [0.5, 0.6) is 0 Å². The van der Waals surface area contributed by atoms with Crippen molar-refractivity contribution in [1.29, 1.82) is 0 Å². The van der Waals surface area contributed by atoms with Crippen molar-refractivity contribution in [1.82, 2.24) is 24.5 Å². The predicted octanol–water partition coefficient (Wildman–Crippen LogP) is 2.19. The minimum atomic E-state index is -3.83. The van der Waals surface area contributed by atoms with Gasteiger partial charge in [0.15, 0.2) is 0 Å². The monoisotopic (exact) mass is 420 g/mol. The van der Waals surface area contributed by atoms with E-state index in [-0.39, 0.29) is 21.9 Å². The lowest BCUT2D eigenvalue weighted by Gasteiger charge is -2.15. The smallest absolute Gasteiger partial charge is 0.270 e. The number of rotatable bonds is 6. The maximum atomic E-state index is 12.4. The number of amides is 1. The first kappa shape index (κ1) is 20.1. The average Bonchev–Trinajstić information content (AvgIpc) is 3.32. The molecular formula is C17H20N6O3S2. The van der Waals surface area contributed by atoms with Crippen molar-refractivity contribution >= 4 is 32.4 Å². The first-order valence-corrected chi connectivity index (χ1v) is 10.7. The Balaban J connectivity index is 1.63. The molecule has 0 atom stereocenters. The summed E-state index contributed by atoms with van der Waals surface area (Å²) < 4.78 is 29.0. The normalized spacial score (nSPS) is 12.1. The molecule has 2 aromatic heterocycles. The zero-order valence-electron chi connectivity index (χ0n) is 15.6. The van der Waals surface area contributed by atoms with E-state index in [0.717, 1.165) is 22.6 Å². The fourth-order valence-electron chi connectivity index (χ4n) is 2.09. The number of anilines is 1. The van der Waals surface area contributed by atoms with Gasteiger partial charge >= 0.3 is 0 Å². The number of nitrogens with one attached hydrogen (secondary N) is 2. The Kier molecular flexibility index (Phi) is 5.59. The summed E-state index contributed by atoms with van der Waals surface area (Å²) in [5.74, 6) is -0.265. The highest BCUT2D eigenvalue weighted by Gasteiger charge is 2.25. The van der Waals surface area contributed by atoms with Crippen molar-refractivity contribution in [3.63, 3.8) is 0 Å². The zero-order valence-corrected chi connectivity index (χ0v) is 17.2. The van der Waals surface area contributed by atoms with Crippen molar-refractivity contribution in [2.75, 3.05) is 5.32 Å². The number of aromatic nitrogens is 4. The highest BCUT2D eigenvalue weighted by atomic mass is 32.2. The Morgan fingerprint density at radius 2 is 1.89 bits per heavy atom. The van der Waals surface area contributed by atoms with E-state index in [4.69, 9.17) is 0 Å². The number of hydrogen-bond acceptors (Lipinski definition) is 7. The predicted molar refractivity (Wildman–Crippen MR) is 106 cm³/mol. The summed E-state index contributed by atoms with van der Waals surface area (Å²) in [5, 5.41) is 10.1. The fourth-order valence-corrected chi connectivity index (χ4v) is 4.04. The third kappa shape index (κ3) is 4.80. The molecule has 9 nitrogen and oxygen atoms in total. The molecule has 148 valence electrons. The molecule has 0 bridgehead atoms. The minimum absolute atomic E-state index is 0.107. The molecule has 11 heteroatoms. The minimum Gasteiger partial charge on any atom is -0.306 e. The quantitative estimate of drug-likeness (QED) is 0.590. The highest BCUT2D eigenvalue weighted by Crippen LogP contribution is 2.23. The maximum Gasteiger partial charge on any atom is 0.270 e. The first-order valence-electron chi connectivity index (χ1n) is 8.37. The van der Waals surface area contributed by atoms with Crippen molar-refractivity contribution in [2.24, 2.45) is 5.41 Å². The molecule has 0 aliphatic carbocycles. The average molecular weight is 421 g/mol. The Morgan fingerprint density at radius 1 is 1.18 bits per heavy atom. The van der Waals surface area contributed by atoms with Crippen LogP contribution in [0.1, 0.15) is 26.3 Å². The van der Waals surface area contributed by atoms with Gasteiger partial charge in [0.05, 0.1) is 6.33 Å². The summed E-state index contributed by atoms with van der Waals surface area (Å²) >= 11 is 0.805.